The molecule has 1 rings (SSSR count). The Kier molecular flexibility index (Phi) is 4.43. The average molecular weight is 229 g/mol. The fourth-order valence-corrected chi connectivity index (χ4v) is 1.46. The van der Waals surface area contributed by atoms with E-state index in [0.29, 0.717) is 18.7 Å². The van der Waals surface area contributed by atoms with Gasteiger partial charge in [-0.05, 0) is 25.0 Å². The van der Waals surface area contributed by atoms with Crippen molar-refractivity contribution in [2.24, 2.45) is 0 Å². The van der Waals surface area contributed by atoms with Crippen LogP contribution in [-0.2, 0) is 0 Å². The number of phenols is 2. The van der Waals surface area contributed by atoms with E-state index >= 15 is 0 Å². The van der Waals surface area contributed by atoms with E-state index in [1.165, 1.54) is 12.1 Å². The van der Waals surface area contributed by atoms with Crippen molar-refractivity contribution in [1.82, 2.24) is 0 Å². The number of aromatic hydroxyl groups is 2. The van der Waals surface area contributed by atoms with Crippen molar-refractivity contribution in [3.8, 4) is 11.5 Å². The van der Waals surface area contributed by atoms with E-state index in [1.54, 1.807) is 0 Å². The lowest BCUT2D eigenvalue weighted by Crippen LogP contribution is -1.99. The molecule has 0 aliphatic carbocycles. The Morgan fingerprint density at radius 3 is 2.60 bits per heavy atom. The van der Waals surface area contributed by atoms with Gasteiger partial charge in [-0.25, -0.2) is 0 Å². The number of hydrogen-bond acceptors (Lipinski definition) is 3. The first-order valence-electron chi connectivity index (χ1n) is 4.76. The molecule has 0 amide bonds. The summed E-state index contributed by atoms with van der Waals surface area (Å²) < 4.78 is 0. The van der Waals surface area contributed by atoms with Gasteiger partial charge in [0, 0.05) is 18.4 Å². The zero-order valence-electron chi connectivity index (χ0n) is 8.24. The molecule has 0 saturated heterocycles. The molecule has 3 nitrogen and oxygen atoms in total. The van der Waals surface area contributed by atoms with E-state index in [4.69, 9.17) is 16.7 Å². The number of carbonyl (C=O) groups is 1. The Hall–Kier alpha value is -1.22. The SMILES string of the molecule is O=C(CCCCCl)c1ccc(O)cc1O. The summed E-state index contributed by atoms with van der Waals surface area (Å²) >= 11 is 5.49. The molecule has 4 heteroatoms. The minimum absolute atomic E-state index is 0.0511. The number of unbranched alkanes of at least 4 members (excludes halogenated alkanes) is 1. The molecule has 0 spiro atoms. The Labute approximate surface area is 93.3 Å². The number of hydrogen-bond donors (Lipinski definition) is 2. The van der Waals surface area contributed by atoms with Crippen LogP contribution in [0.25, 0.3) is 0 Å². The van der Waals surface area contributed by atoms with Gasteiger partial charge in [0.05, 0.1) is 5.56 Å². The summed E-state index contributed by atoms with van der Waals surface area (Å²) in [5.74, 6) is 0.183. The number of benzene rings is 1. The summed E-state index contributed by atoms with van der Waals surface area (Å²) in [6.45, 7) is 0. The third-order valence-corrected chi connectivity index (χ3v) is 2.34. The van der Waals surface area contributed by atoms with Gasteiger partial charge in [0.1, 0.15) is 11.5 Å². The Bertz CT molecular complexity index is 350. The normalized spacial score (nSPS) is 10.2. The summed E-state index contributed by atoms with van der Waals surface area (Å²) in [6.07, 6.45) is 1.86. The van der Waals surface area contributed by atoms with Crippen molar-refractivity contribution >= 4 is 17.4 Å². The second kappa shape index (κ2) is 5.61. The van der Waals surface area contributed by atoms with Gasteiger partial charge in [-0.1, -0.05) is 0 Å². The Morgan fingerprint density at radius 1 is 1.27 bits per heavy atom. The van der Waals surface area contributed by atoms with Crippen LogP contribution in [0, 0.1) is 0 Å². The zero-order valence-corrected chi connectivity index (χ0v) is 9.00. The van der Waals surface area contributed by atoms with E-state index in [0.717, 1.165) is 12.5 Å². The smallest absolute Gasteiger partial charge is 0.166 e. The van der Waals surface area contributed by atoms with Crippen LogP contribution in [0.15, 0.2) is 18.2 Å². The zero-order chi connectivity index (χ0) is 11.3. The van der Waals surface area contributed by atoms with Gasteiger partial charge in [-0.3, -0.25) is 4.79 Å². The predicted octanol–water partition coefficient (Wildman–Crippen LogP) is 2.69. The van der Waals surface area contributed by atoms with Crippen LogP contribution in [0.5, 0.6) is 11.5 Å². The fraction of sp³-hybridized carbons (Fsp3) is 0.364. The summed E-state index contributed by atoms with van der Waals surface area (Å²) in [7, 11) is 0. The molecule has 1 aromatic carbocycles. The van der Waals surface area contributed by atoms with Gasteiger partial charge in [-0.15, -0.1) is 11.6 Å². The molecule has 0 aliphatic rings. The van der Waals surface area contributed by atoms with Crippen LogP contribution in [0.2, 0.25) is 0 Å². The number of ketones is 1. The van der Waals surface area contributed by atoms with Crippen LogP contribution < -0.4 is 0 Å². The maximum Gasteiger partial charge on any atom is 0.166 e. The van der Waals surface area contributed by atoms with Crippen molar-refractivity contribution in [3.63, 3.8) is 0 Å². The Balaban J connectivity index is 2.65. The molecule has 15 heavy (non-hydrogen) atoms. The van der Waals surface area contributed by atoms with Crippen LogP contribution in [0.4, 0.5) is 0 Å². The quantitative estimate of drug-likeness (QED) is 0.463. The van der Waals surface area contributed by atoms with Gasteiger partial charge in [0.15, 0.2) is 5.78 Å². The molecule has 82 valence electrons. The average Bonchev–Trinajstić information content (AvgIpc) is 2.17. The lowest BCUT2D eigenvalue weighted by atomic mass is 10.0. The number of rotatable bonds is 5. The van der Waals surface area contributed by atoms with Gasteiger partial charge >= 0.3 is 0 Å². The number of phenolic OH excluding ortho intramolecular Hbond substituents is 2. The molecule has 1 aromatic rings. The van der Waals surface area contributed by atoms with Gasteiger partial charge in [0.2, 0.25) is 0 Å². The summed E-state index contributed by atoms with van der Waals surface area (Å²) in [5, 5.41) is 18.5. The second-order valence-corrected chi connectivity index (χ2v) is 3.65. The van der Waals surface area contributed by atoms with Crippen molar-refractivity contribution in [1.29, 1.82) is 0 Å². The first-order valence-corrected chi connectivity index (χ1v) is 5.29. The molecular formula is C11H13ClO3. The first kappa shape index (κ1) is 11.9. The summed E-state index contributed by atoms with van der Waals surface area (Å²) in [4.78, 5) is 11.6. The van der Waals surface area contributed by atoms with E-state index in [2.05, 4.69) is 0 Å². The van der Waals surface area contributed by atoms with Gasteiger partial charge < -0.3 is 10.2 Å². The molecule has 0 fully saturated rings. The monoisotopic (exact) mass is 228 g/mol. The largest absolute Gasteiger partial charge is 0.508 e. The molecule has 0 radical (unpaired) electrons. The van der Waals surface area contributed by atoms with Crippen molar-refractivity contribution in [3.05, 3.63) is 23.8 Å². The maximum atomic E-state index is 11.6. The number of halogens is 1. The summed E-state index contributed by atoms with van der Waals surface area (Å²) in [6, 6.07) is 3.97. The van der Waals surface area contributed by atoms with Gasteiger partial charge in [-0.2, -0.15) is 0 Å². The Morgan fingerprint density at radius 2 is 2.00 bits per heavy atom. The third-order valence-electron chi connectivity index (χ3n) is 2.07. The van der Waals surface area contributed by atoms with Crippen molar-refractivity contribution in [2.45, 2.75) is 19.3 Å². The molecule has 0 unspecified atom stereocenters. The second-order valence-electron chi connectivity index (χ2n) is 3.27. The lowest BCUT2D eigenvalue weighted by molar-refractivity contribution is 0.0977. The maximum absolute atomic E-state index is 11.6. The minimum atomic E-state index is -0.175. The molecule has 0 aliphatic heterocycles. The van der Waals surface area contributed by atoms with E-state index in [9.17, 15) is 9.90 Å². The number of Topliss-reactive ketones (excluding diaryl/α,β-unsaturated/α-hetero) is 1. The molecule has 0 bridgehead atoms. The van der Waals surface area contributed by atoms with Crippen molar-refractivity contribution < 1.29 is 15.0 Å². The highest BCUT2D eigenvalue weighted by Gasteiger charge is 2.10. The van der Waals surface area contributed by atoms with Crippen LogP contribution in [0.3, 0.4) is 0 Å². The molecule has 0 saturated carbocycles. The minimum Gasteiger partial charge on any atom is -0.508 e. The van der Waals surface area contributed by atoms with E-state index < -0.39 is 0 Å². The summed E-state index contributed by atoms with van der Waals surface area (Å²) in [5.41, 5.74) is 0.252. The van der Waals surface area contributed by atoms with Crippen LogP contribution >= 0.6 is 11.6 Å². The standard InChI is InChI=1S/C11H13ClO3/c12-6-2-1-3-10(14)9-5-4-8(13)7-11(9)15/h4-5,7,13,15H,1-3,6H2. The third kappa shape index (κ3) is 3.44. The van der Waals surface area contributed by atoms with Gasteiger partial charge in [0.25, 0.3) is 0 Å². The molecule has 2 N–H and O–H groups in total. The van der Waals surface area contributed by atoms with Crippen molar-refractivity contribution in [2.75, 3.05) is 5.88 Å². The number of alkyl halides is 1. The predicted molar refractivity (Wildman–Crippen MR) is 58.7 cm³/mol. The molecule has 0 aromatic heterocycles. The van der Waals surface area contributed by atoms with Crippen LogP contribution in [0.1, 0.15) is 29.6 Å². The fourth-order valence-electron chi connectivity index (χ4n) is 1.27. The van der Waals surface area contributed by atoms with Crippen LogP contribution in [-0.4, -0.2) is 21.9 Å². The molecule has 0 atom stereocenters. The van der Waals surface area contributed by atoms with E-state index in [-0.39, 0.29) is 22.8 Å². The topological polar surface area (TPSA) is 57.5 Å². The highest BCUT2D eigenvalue weighted by Crippen LogP contribution is 2.24. The first-order chi connectivity index (χ1) is 7.15. The highest BCUT2D eigenvalue weighted by atomic mass is 35.5. The molecular weight excluding hydrogens is 216 g/mol. The molecule has 0 heterocycles. The highest BCUT2D eigenvalue weighted by molar-refractivity contribution is 6.17. The van der Waals surface area contributed by atoms with E-state index in [1.807, 2.05) is 0 Å². The lowest BCUT2D eigenvalue weighted by Gasteiger charge is -2.03. The number of carbonyl (C=O) groups excluding carboxylic acids is 1.